The fourth-order valence-electron chi connectivity index (χ4n) is 1.13. The van der Waals surface area contributed by atoms with Crippen LogP contribution in [0.25, 0.3) is 0 Å². The fraction of sp³-hybridized carbons (Fsp3) is 0.364. The summed E-state index contributed by atoms with van der Waals surface area (Å²) in [6.45, 7) is 0.00561. The quantitative estimate of drug-likeness (QED) is 0.723. The summed E-state index contributed by atoms with van der Waals surface area (Å²) in [5.74, 6) is 1.07. The molecule has 0 heterocycles. The van der Waals surface area contributed by atoms with Gasteiger partial charge in [-0.1, -0.05) is 0 Å². The van der Waals surface area contributed by atoms with E-state index in [1.807, 2.05) is 0 Å². The van der Waals surface area contributed by atoms with Crippen molar-refractivity contribution in [1.82, 2.24) is 0 Å². The summed E-state index contributed by atoms with van der Waals surface area (Å²) in [5.41, 5.74) is 10.5. The van der Waals surface area contributed by atoms with E-state index in [0.717, 1.165) is 0 Å². The van der Waals surface area contributed by atoms with Crippen molar-refractivity contribution in [2.75, 3.05) is 20.8 Å². The first-order chi connectivity index (χ1) is 8.06. The molecule has 0 saturated heterocycles. The monoisotopic (exact) mass is 240 g/mol. The molecule has 1 aromatic rings. The lowest BCUT2D eigenvalue weighted by molar-refractivity contribution is -0.119. The molecule has 0 fully saturated rings. The van der Waals surface area contributed by atoms with E-state index in [-0.39, 0.29) is 6.61 Å². The molecule has 0 aromatic heterocycles. The molecule has 0 aliphatic rings. The molecule has 1 unspecified atom stereocenters. The molecular weight excluding hydrogens is 224 g/mol. The molecule has 0 bridgehead atoms. The Kier molecular flexibility index (Phi) is 4.59. The molecule has 94 valence electrons. The van der Waals surface area contributed by atoms with Crippen molar-refractivity contribution in [2.45, 2.75) is 6.04 Å². The lowest BCUT2D eigenvalue weighted by atomic mass is 10.3. The van der Waals surface area contributed by atoms with Crippen LogP contribution < -0.4 is 25.7 Å². The summed E-state index contributed by atoms with van der Waals surface area (Å²) < 4.78 is 15.5. The van der Waals surface area contributed by atoms with Crippen LogP contribution in [0.2, 0.25) is 0 Å². The van der Waals surface area contributed by atoms with E-state index in [2.05, 4.69) is 0 Å². The number of rotatable bonds is 6. The summed E-state index contributed by atoms with van der Waals surface area (Å²) >= 11 is 0. The van der Waals surface area contributed by atoms with E-state index < -0.39 is 11.9 Å². The normalized spacial score (nSPS) is 11.7. The van der Waals surface area contributed by atoms with Crippen molar-refractivity contribution in [1.29, 1.82) is 0 Å². The highest BCUT2D eigenvalue weighted by molar-refractivity contribution is 5.79. The number of carbonyl (C=O) groups is 1. The third kappa shape index (κ3) is 3.84. The highest BCUT2D eigenvalue weighted by Gasteiger charge is 2.10. The minimum Gasteiger partial charge on any atom is -0.496 e. The predicted molar refractivity (Wildman–Crippen MR) is 62.2 cm³/mol. The minimum atomic E-state index is -0.841. The standard InChI is InChI=1S/C11H16N2O4/c1-15-7-3-8(16-2)5-9(4-7)17-6-10(12)11(13)14/h3-5,10H,6,12H2,1-2H3,(H2,13,14). The summed E-state index contributed by atoms with van der Waals surface area (Å²) in [6, 6.07) is 4.19. The molecule has 1 aromatic carbocycles. The van der Waals surface area contributed by atoms with E-state index in [1.54, 1.807) is 18.2 Å². The van der Waals surface area contributed by atoms with Crippen molar-refractivity contribution in [3.63, 3.8) is 0 Å². The van der Waals surface area contributed by atoms with Crippen LogP contribution in [0.4, 0.5) is 0 Å². The molecule has 17 heavy (non-hydrogen) atoms. The van der Waals surface area contributed by atoms with Gasteiger partial charge in [-0.3, -0.25) is 4.79 Å². The number of hydrogen-bond acceptors (Lipinski definition) is 5. The second kappa shape index (κ2) is 5.95. The van der Waals surface area contributed by atoms with Gasteiger partial charge in [0.05, 0.1) is 14.2 Å². The van der Waals surface area contributed by atoms with Gasteiger partial charge in [0.2, 0.25) is 5.91 Å². The number of amides is 1. The number of primary amides is 1. The Morgan fingerprint density at radius 1 is 1.18 bits per heavy atom. The predicted octanol–water partition coefficient (Wildman–Crippen LogP) is -0.105. The van der Waals surface area contributed by atoms with Gasteiger partial charge in [-0.2, -0.15) is 0 Å². The summed E-state index contributed by atoms with van der Waals surface area (Å²) in [6.07, 6.45) is 0. The van der Waals surface area contributed by atoms with Crippen molar-refractivity contribution in [3.8, 4) is 17.2 Å². The molecule has 0 aliphatic carbocycles. The maximum atomic E-state index is 10.7. The first-order valence-corrected chi connectivity index (χ1v) is 4.97. The van der Waals surface area contributed by atoms with Crippen LogP contribution in [0.15, 0.2) is 18.2 Å². The summed E-state index contributed by atoms with van der Waals surface area (Å²) in [7, 11) is 3.07. The second-order valence-electron chi connectivity index (χ2n) is 3.37. The van der Waals surface area contributed by atoms with Crippen molar-refractivity contribution in [2.24, 2.45) is 11.5 Å². The third-order valence-corrected chi connectivity index (χ3v) is 2.12. The third-order valence-electron chi connectivity index (χ3n) is 2.12. The number of nitrogens with two attached hydrogens (primary N) is 2. The Bertz CT molecular complexity index is 373. The minimum absolute atomic E-state index is 0.00561. The molecular formula is C11H16N2O4. The maximum absolute atomic E-state index is 10.7. The first-order valence-electron chi connectivity index (χ1n) is 4.97. The molecule has 6 nitrogen and oxygen atoms in total. The average molecular weight is 240 g/mol. The van der Waals surface area contributed by atoms with E-state index >= 15 is 0 Å². The van der Waals surface area contributed by atoms with Gasteiger partial charge in [0.15, 0.2) is 0 Å². The number of hydrogen-bond donors (Lipinski definition) is 2. The van der Waals surface area contributed by atoms with Gasteiger partial charge in [-0.05, 0) is 0 Å². The van der Waals surface area contributed by atoms with Gasteiger partial charge in [0.25, 0.3) is 0 Å². The van der Waals surface area contributed by atoms with Gasteiger partial charge in [-0.25, -0.2) is 0 Å². The highest BCUT2D eigenvalue weighted by atomic mass is 16.5. The van der Waals surface area contributed by atoms with Crippen LogP contribution in [-0.4, -0.2) is 32.8 Å². The smallest absolute Gasteiger partial charge is 0.237 e. The van der Waals surface area contributed by atoms with E-state index in [1.165, 1.54) is 14.2 Å². The molecule has 0 aliphatic heterocycles. The van der Waals surface area contributed by atoms with E-state index in [0.29, 0.717) is 17.2 Å². The Hall–Kier alpha value is -1.95. The zero-order valence-corrected chi connectivity index (χ0v) is 9.80. The number of carbonyl (C=O) groups excluding carboxylic acids is 1. The van der Waals surface area contributed by atoms with Crippen molar-refractivity contribution in [3.05, 3.63) is 18.2 Å². The summed E-state index contributed by atoms with van der Waals surface area (Å²) in [4.78, 5) is 10.7. The van der Waals surface area contributed by atoms with Gasteiger partial charge >= 0.3 is 0 Å². The maximum Gasteiger partial charge on any atom is 0.237 e. The van der Waals surface area contributed by atoms with Gasteiger partial charge in [0, 0.05) is 18.2 Å². The Balaban J connectivity index is 2.73. The fourth-order valence-corrected chi connectivity index (χ4v) is 1.13. The van der Waals surface area contributed by atoms with E-state index in [4.69, 9.17) is 25.7 Å². The lowest BCUT2D eigenvalue weighted by Crippen LogP contribution is -2.41. The Morgan fingerprint density at radius 3 is 2.06 bits per heavy atom. The highest BCUT2D eigenvalue weighted by Crippen LogP contribution is 2.27. The molecule has 0 radical (unpaired) electrons. The molecule has 1 rings (SSSR count). The Labute approximate surface area is 99.4 Å². The number of methoxy groups -OCH3 is 2. The zero-order chi connectivity index (χ0) is 12.8. The van der Waals surface area contributed by atoms with Gasteiger partial charge in [-0.15, -0.1) is 0 Å². The first kappa shape index (κ1) is 13.1. The molecule has 0 saturated carbocycles. The largest absolute Gasteiger partial charge is 0.496 e. The van der Waals surface area contributed by atoms with Crippen molar-refractivity contribution < 1.29 is 19.0 Å². The zero-order valence-electron chi connectivity index (χ0n) is 9.80. The second-order valence-corrected chi connectivity index (χ2v) is 3.37. The summed E-state index contributed by atoms with van der Waals surface area (Å²) in [5, 5.41) is 0. The van der Waals surface area contributed by atoms with Crippen LogP contribution in [0.3, 0.4) is 0 Å². The molecule has 4 N–H and O–H groups in total. The van der Waals surface area contributed by atoms with Gasteiger partial charge in [0.1, 0.15) is 29.9 Å². The average Bonchev–Trinajstić information content (AvgIpc) is 2.35. The topological polar surface area (TPSA) is 96.8 Å². The molecule has 0 spiro atoms. The van der Waals surface area contributed by atoms with E-state index in [9.17, 15) is 4.79 Å². The van der Waals surface area contributed by atoms with Crippen LogP contribution in [0.5, 0.6) is 17.2 Å². The Morgan fingerprint density at radius 2 is 1.65 bits per heavy atom. The molecule has 1 atom stereocenters. The van der Waals surface area contributed by atoms with Crippen LogP contribution in [0.1, 0.15) is 0 Å². The van der Waals surface area contributed by atoms with Crippen LogP contribution >= 0.6 is 0 Å². The molecule has 1 amide bonds. The van der Waals surface area contributed by atoms with Crippen LogP contribution in [0, 0.1) is 0 Å². The van der Waals surface area contributed by atoms with Crippen molar-refractivity contribution >= 4 is 5.91 Å². The molecule has 6 heteroatoms. The number of benzene rings is 1. The van der Waals surface area contributed by atoms with Gasteiger partial charge < -0.3 is 25.7 Å². The number of ether oxygens (including phenoxy) is 3. The SMILES string of the molecule is COc1cc(OC)cc(OCC(N)C(N)=O)c1. The lowest BCUT2D eigenvalue weighted by Gasteiger charge is -2.12. The van der Waals surface area contributed by atoms with Crippen LogP contribution in [-0.2, 0) is 4.79 Å².